The summed E-state index contributed by atoms with van der Waals surface area (Å²) in [7, 11) is 0. The van der Waals surface area contributed by atoms with Gasteiger partial charge < -0.3 is 4.74 Å². The molecule has 1 aromatic carbocycles. The predicted molar refractivity (Wildman–Crippen MR) is 121 cm³/mol. The summed E-state index contributed by atoms with van der Waals surface area (Å²) in [5, 5.41) is 0. The molecule has 0 aliphatic carbocycles. The SMILES string of the molecule is CCC/C=C/CCCCCCCCCCCCC(=O)OCC(=O)c1ccccc1. The van der Waals surface area contributed by atoms with Gasteiger partial charge in [-0.1, -0.05) is 107 Å². The minimum atomic E-state index is -0.265. The average Bonchev–Trinajstić information content (AvgIpc) is 2.75. The molecule has 0 unspecified atom stereocenters. The third-order valence-electron chi connectivity index (χ3n) is 5.08. The second kappa shape index (κ2) is 18.1. The summed E-state index contributed by atoms with van der Waals surface area (Å²) < 4.78 is 5.08. The molecule has 0 radical (unpaired) electrons. The average molecular weight is 401 g/mol. The van der Waals surface area contributed by atoms with Crippen molar-refractivity contribution in [1.29, 1.82) is 0 Å². The van der Waals surface area contributed by atoms with Crippen molar-refractivity contribution in [1.82, 2.24) is 0 Å². The summed E-state index contributed by atoms with van der Waals surface area (Å²) in [5.41, 5.74) is 0.587. The lowest BCUT2D eigenvalue weighted by molar-refractivity contribution is -0.142. The molecular formula is C26H40O3. The number of Topliss-reactive ketones (excluding diaryl/α,β-unsaturated/α-hetero) is 1. The number of carbonyl (C=O) groups is 2. The van der Waals surface area contributed by atoms with Gasteiger partial charge in [0.2, 0.25) is 0 Å². The smallest absolute Gasteiger partial charge is 0.306 e. The Morgan fingerprint density at radius 1 is 0.759 bits per heavy atom. The molecule has 3 heteroatoms. The molecule has 0 fully saturated rings. The Morgan fingerprint density at radius 2 is 1.31 bits per heavy atom. The summed E-state index contributed by atoms with van der Waals surface area (Å²) in [4.78, 5) is 23.6. The van der Waals surface area contributed by atoms with Crippen molar-refractivity contribution < 1.29 is 14.3 Å². The summed E-state index contributed by atoms with van der Waals surface area (Å²) in [5.74, 6) is -0.411. The Kier molecular flexibility index (Phi) is 15.7. The molecule has 0 aliphatic rings. The van der Waals surface area contributed by atoms with Crippen molar-refractivity contribution in [2.75, 3.05) is 6.61 Å². The molecule has 162 valence electrons. The van der Waals surface area contributed by atoms with Gasteiger partial charge in [-0.25, -0.2) is 0 Å². The molecule has 0 aliphatic heterocycles. The standard InChI is InChI=1S/C26H40O3/c1-2-3-4-5-6-7-8-9-10-11-12-13-14-15-19-22-26(28)29-23-25(27)24-20-17-16-18-21-24/h4-5,16-18,20-21H,2-3,6-15,19,22-23H2,1H3/b5-4+. The molecule has 1 aromatic rings. The molecule has 0 atom stereocenters. The minimum absolute atomic E-state index is 0.146. The van der Waals surface area contributed by atoms with Crippen LogP contribution >= 0.6 is 0 Å². The van der Waals surface area contributed by atoms with Crippen LogP contribution in [0.5, 0.6) is 0 Å². The molecule has 0 spiro atoms. The lowest BCUT2D eigenvalue weighted by atomic mass is 10.0. The number of carbonyl (C=O) groups excluding carboxylic acids is 2. The second-order valence-corrected chi connectivity index (χ2v) is 7.78. The van der Waals surface area contributed by atoms with Crippen molar-refractivity contribution >= 4 is 11.8 Å². The fourth-order valence-electron chi connectivity index (χ4n) is 3.27. The Labute approximate surface area is 177 Å². The van der Waals surface area contributed by atoms with Crippen LogP contribution in [0.25, 0.3) is 0 Å². The number of rotatable bonds is 18. The quantitative estimate of drug-likeness (QED) is 0.111. The van der Waals surface area contributed by atoms with Crippen LogP contribution in [-0.4, -0.2) is 18.4 Å². The van der Waals surface area contributed by atoms with E-state index in [0.717, 1.165) is 12.8 Å². The van der Waals surface area contributed by atoms with Crippen LogP contribution in [0.15, 0.2) is 42.5 Å². The lowest BCUT2D eigenvalue weighted by Gasteiger charge is -2.05. The molecule has 0 saturated heterocycles. The van der Waals surface area contributed by atoms with Crippen LogP contribution in [0.2, 0.25) is 0 Å². The fraction of sp³-hybridized carbons (Fsp3) is 0.615. The van der Waals surface area contributed by atoms with Gasteiger partial charge >= 0.3 is 5.97 Å². The third-order valence-corrected chi connectivity index (χ3v) is 5.08. The van der Waals surface area contributed by atoms with E-state index < -0.39 is 0 Å². The molecule has 0 N–H and O–H groups in total. The molecule has 0 aromatic heterocycles. The van der Waals surface area contributed by atoms with Gasteiger partial charge in [0.1, 0.15) is 0 Å². The van der Waals surface area contributed by atoms with E-state index in [1.165, 1.54) is 70.6 Å². The Balaban J connectivity index is 1.84. The maximum Gasteiger partial charge on any atom is 0.306 e. The first-order valence-corrected chi connectivity index (χ1v) is 11.6. The lowest BCUT2D eigenvalue weighted by Crippen LogP contribution is -2.13. The maximum atomic E-state index is 11.9. The van der Waals surface area contributed by atoms with Gasteiger partial charge in [-0.2, -0.15) is 0 Å². The van der Waals surface area contributed by atoms with Gasteiger partial charge in [0, 0.05) is 12.0 Å². The van der Waals surface area contributed by atoms with Gasteiger partial charge in [0.25, 0.3) is 0 Å². The van der Waals surface area contributed by atoms with E-state index in [1.54, 1.807) is 12.1 Å². The number of ketones is 1. The van der Waals surface area contributed by atoms with Crippen LogP contribution in [0.3, 0.4) is 0 Å². The van der Waals surface area contributed by atoms with Gasteiger partial charge in [0.05, 0.1) is 0 Å². The zero-order valence-corrected chi connectivity index (χ0v) is 18.4. The first kappa shape index (κ1) is 25.1. The van der Waals surface area contributed by atoms with E-state index in [9.17, 15) is 9.59 Å². The van der Waals surface area contributed by atoms with Crippen molar-refractivity contribution in [3.63, 3.8) is 0 Å². The predicted octanol–water partition coefficient (Wildman–Crippen LogP) is 7.45. The topological polar surface area (TPSA) is 43.4 Å². The zero-order chi connectivity index (χ0) is 21.0. The summed E-state index contributed by atoms with van der Waals surface area (Å²) >= 11 is 0. The summed E-state index contributed by atoms with van der Waals surface area (Å²) in [6.45, 7) is 2.06. The van der Waals surface area contributed by atoms with Crippen LogP contribution < -0.4 is 0 Å². The number of unbranched alkanes of at least 4 members (excludes halogenated alkanes) is 11. The van der Waals surface area contributed by atoms with E-state index in [1.807, 2.05) is 18.2 Å². The first-order valence-electron chi connectivity index (χ1n) is 11.6. The van der Waals surface area contributed by atoms with Crippen molar-refractivity contribution in [3.05, 3.63) is 48.0 Å². The molecule has 0 saturated carbocycles. The van der Waals surface area contributed by atoms with Crippen LogP contribution in [-0.2, 0) is 9.53 Å². The van der Waals surface area contributed by atoms with Crippen molar-refractivity contribution in [2.45, 2.75) is 96.8 Å². The molecule has 0 heterocycles. The van der Waals surface area contributed by atoms with E-state index in [0.29, 0.717) is 12.0 Å². The van der Waals surface area contributed by atoms with E-state index in [-0.39, 0.29) is 18.4 Å². The highest BCUT2D eigenvalue weighted by Crippen LogP contribution is 2.12. The van der Waals surface area contributed by atoms with Gasteiger partial charge in [0.15, 0.2) is 12.4 Å². The first-order chi connectivity index (χ1) is 14.2. The Morgan fingerprint density at radius 3 is 1.93 bits per heavy atom. The van der Waals surface area contributed by atoms with Gasteiger partial charge in [-0.3, -0.25) is 9.59 Å². The number of hydrogen-bond acceptors (Lipinski definition) is 3. The Hall–Kier alpha value is -1.90. The highest BCUT2D eigenvalue weighted by atomic mass is 16.5. The highest BCUT2D eigenvalue weighted by Gasteiger charge is 2.09. The minimum Gasteiger partial charge on any atom is -0.457 e. The fourth-order valence-corrected chi connectivity index (χ4v) is 3.27. The summed E-state index contributed by atoms with van der Waals surface area (Å²) in [6, 6.07) is 8.95. The van der Waals surface area contributed by atoms with E-state index >= 15 is 0 Å². The molecule has 1 rings (SSSR count). The molecule has 3 nitrogen and oxygen atoms in total. The zero-order valence-electron chi connectivity index (χ0n) is 18.4. The maximum absolute atomic E-state index is 11.9. The normalized spacial score (nSPS) is 11.1. The molecule has 0 amide bonds. The largest absolute Gasteiger partial charge is 0.457 e. The van der Waals surface area contributed by atoms with Crippen molar-refractivity contribution in [3.8, 4) is 0 Å². The number of ether oxygens (including phenoxy) is 1. The van der Waals surface area contributed by atoms with E-state index in [2.05, 4.69) is 19.1 Å². The highest BCUT2D eigenvalue weighted by molar-refractivity contribution is 5.97. The molecule has 29 heavy (non-hydrogen) atoms. The second-order valence-electron chi connectivity index (χ2n) is 7.78. The van der Waals surface area contributed by atoms with Crippen molar-refractivity contribution in [2.24, 2.45) is 0 Å². The number of allylic oxidation sites excluding steroid dienone is 2. The number of esters is 1. The summed E-state index contributed by atoms with van der Waals surface area (Å²) in [6.07, 6.45) is 21.1. The van der Waals surface area contributed by atoms with Gasteiger partial charge in [-0.15, -0.1) is 0 Å². The van der Waals surface area contributed by atoms with E-state index in [4.69, 9.17) is 4.74 Å². The molecular weight excluding hydrogens is 360 g/mol. The van der Waals surface area contributed by atoms with Crippen LogP contribution in [0.4, 0.5) is 0 Å². The number of hydrogen-bond donors (Lipinski definition) is 0. The Bertz CT molecular complexity index is 563. The van der Waals surface area contributed by atoms with Crippen LogP contribution in [0.1, 0.15) is 107 Å². The monoisotopic (exact) mass is 400 g/mol. The molecule has 0 bridgehead atoms. The third kappa shape index (κ3) is 14.7. The van der Waals surface area contributed by atoms with Gasteiger partial charge in [-0.05, 0) is 25.7 Å². The van der Waals surface area contributed by atoms with Crippen LogP contribution in [0, 0.1) is 0 Å². The number of benzene rings is 1.